The second kappa shape index (κ2) is 5.01. The fourth-order valence-corrected chi connectivity index (χ4v) is 1.99. The molecule has 0 spiro atoms. The van der Waals surface area contributed by atoms with E-state index in [0.717, 1.165) is 11.3 Å². The van der Waals surface area contributed by atoms with E-state index in [4.69, 9.17) is 10.2 Å². The first-order chi connectivity index (χ1) is 8.59. The topological polar surface area (TPSA) is 82.3 Å². The predicted molar refractivity (Wildman–Crippen MR) is 67.2 cm³/mol. The van der Waals surface area contributed by atoms with Gasteiger partial charge in [0.15, 0.2) is 0 Å². The number of aryl methyl sites for hydroxylation is 1. The van der Waals surface area contributed by atoms with E-state index >= 15 is 0 Å². The van der Waals surface area contributed by atoms with E-state index in [2.05, 4.69) is 0 Å². The molecule has 0 aliphatic rings. The van der Waals surface area contributed by atoms with Gasteiger partial charge < -0.3 is 10.2 Å². The first-order valence-corrected chi connectivity index (χ1v) is 5.61. The van der Waals surface area contributed by atoms with E-state index < -0.39 is 0 Å². The quantitative estimate of drug-likeness (QED) is 0.664. The number of nitro groups is 1. The summed E-state index contributed by atoms with van der Waals surface area (Å²) in [6.07, 6.45) is 1.99. The Labute approximate surface area is 104 Å². The number of nitrogens with zero attached hydrogens (tertiary/aromatic N) is 1. The van der Waals surface area contributed by atoms with Gasteiger partial charge in [-0.25, -0.2) is 0 Å². The molecule has 0 amide bonds. The van der Waals surface area contributed by atoms with Crippen molar-refractivity contribution in [2.75, 3.05) is 0 Å². The van der Waals surface area contributed by atoms with Crippen LogP contribution in [0.1, 0.15) is 22.9 Å². The zero-order valence-corrected chi connectivity index (χ0v) is 10.00. The van der Waals surface area contributed by atoms with E-state index in [1.54, 1.807) is 30.5 Å². The number of rotatable bonds is 4. The molecule has 0 aliphatic heterocycles. The van der Waals surface area contributed by atoms with Crippen molar-refractivity contribution in [1.29, 1.82) is 0 Å². The van der Waals surface area contributed by atoms with E-state index in [0.29, 0.717) is 12.0 Å². The molecule has 1 heterocycles. The highest BCUT2D eigenvalue weighted by Gasteiger charge is 2.18. The third kappa shape index (κ3) is 2.41. The Morgan fingerprint density at radius 3 is 2.72 bits per heavy atom. The number of hydrogen-bond donors (Lipinski definition) is 1. The minimum atomic E-state index is -0.385. The van der Waals surface area contributed by atoms with Crippen molar-refractivity contribution in [1.82, 2.24) is 0 Å². The van der Waals surface area contributed by atoms with Crippen molar-refractivity contribution in [3.05, 3.63) is 63.6 Å². The summed E-state index contributed by atoms with van der Waals surface area (Å²) in [5, 5.41) is 10.9. The molecule has 1 aromatic carbocycles. The molecule has 0 bridgehead atoms. The van der Waals surface area contributed by atoms with Gasteiger partial charge in [0, 0.05) is 23.2 Å². The molecule has 2 N–H and O–H groups in total. The molecule has 5 nitrogen and oxygen atoms in total. The normalized spacial score (nSPS) is 12.3. The average molecular weight is 246 g/mol. The summed E-state index contributed by atoms with van der Waals surface area (Å²) >= 11 is 0. The van der Waals surface area contributed by atoms with Gasteiger partial charge in [-0.1, -0.05) is 18.2 Å². The van der Waals surface area contributed by atoms with Gasteiger partial charge in [-0.05, 0) is 19.4 Å². The molecule has 2 rings (SSSR count). The van der Waals surface area contributed by atoms with Crippen LogP contribution in [0.5, 0.6) is 0 Å². The van der Waals surface area contributed by atoms with Gasteiger partial charge >= 0.3 is 0 Å². The van der Waals surface area contributed by atoms with Gasteiger partial charge in [0.1, 0.15) is 5.76 Å². The Morgan fingerprint density at radius 1 is 1.39 bits per heavy atom. The van der Waals surface area contributed by atoms with Crippen molar-refractivity contribution in [3.8, 4) is 0 Å². The highest BCUT2D eigenvalue weighted by molar-refractivity contribution is 5.41. The molecule has 1 atom stereocenters. The smallest absolute Gasteiger partial charge is 0.272 e. The van der Waals surface area contributed by atoms with Crippen LogP contribution in [0.2, 0.25) is 0 Å². The predicted octanol–water partition coefficient (Wildman–Crippen LogP) is 2.74. The van der Waals surface area contributed by atoms with Crippen molar-refractivity contribution >= 4 is 5.69 Å². The van der Waals surface area contributed by atoms with Gasteiger partial charge in [-0.15, -0.1) is 0 Å². The molecule has 0 saturated heterocycles. The van der Waals surface area contributed by atoms with Crippen molar-refractivity contribution < 1.29 is 9.34 Å². The summed E-state index contributed by atoms with van der Waals surface area (Å²) in [6, 6.07) is 8.14. The fourth-order valence-electron chi connectivity index (χ4n) is 1.99. The van der Waals surface area contributed by atoms with Gasteiger partial charge in [-0.3, -0.25) is 10.1 Å². The van der Waals surface area contributed by atoms with Crippen LogP contribution in [-0.4, -0.2) is 4.92 Å². The maximum absolute atomic E-state index is 10.9. The Kier molecular flexibility index (Phi) is 3.43. The maximum Gasteiger partial charge on any atom is 0.272 e. The molecule has 5 heteroatoms. The lowest BCUT2D eigenvalue weighted by atomic mass is 9.99. The number of nitrogens with two attached hydrogens (primary N) is 1. The number of para-hydroxylation sites is 1. The zero-order valence-electron chi connectivity index (χ0n) is 10.00. The summed E-state index contributed by atoms with van der Waals surface area (Å²) in [5.41, 5.74) is 7.68. The highest BCUT2D eigenvalue weighted by Crippen LogP contribution is 2.25. The molecular formula is C13H14N2O3. The summed E-state index contributed by atoms with van der Waals surface area (Å²) in [5.74, 6) is 0.751. The molecule has 2 aromatic rings. The van der Waals surface area contributed by atoms with Crippen LogP contribution in [0, 0.1) is 17.0 Å². The van der Waals surface area contributed by atoms with E-state index in [9.17, 15) is 10.1 Å². The van der Waals surface area contributed by atoms with Gasteiger partial charge in [0.25, 0.3) is 5.69 Å². The third-order valence-corrected chi connectivity index (χ3v) is 2.93. The Morgan fingerprint density at radius 2 is 2.11 bits per heavy atom. The molecule has 18 heavy (non-hydrogen) atoms. The molecule has 94 valence electrons. The Balaban J connectivity index is 2.25. The zero-order chi connectivity index (χ0) is 13.1. The summed E-state index contributed by atoms with van der Waals surface area (Å²) < 4.78 is 5.19. The highest BCUT2D eigenvalue weighted by atomic mass is 16.6. The third-order valence-electron chi connectivity index (χ3n) is 2.93. The summed E-state index contributed by atoms with van der Waals surface area (Å²) in [6.45, 7) is 1.83. The number of hydrogen-bond acceptors (Lipinski definition) is 4. The minimum Gasteiger partial charge on any atom is -0.469 e. The SMILES string of the molecule is Cc1occc1C(N)Cc1ccccc1[N+](=O)[O-]. The Bertz CT molecular complexity index is 563. The first kappa shape index (κ1) is 12.3. The second-order valence-corrected chi connectivity index (χ2v) is 4.13. The molecule has 0 saturated carbocycles. The van der Waals surface area contributed by atoms with Crippen molar-refractivity contribution in [2.45, 2.75) is 19.4 Å². The Hall–Kier alpha value is -2.14. The van der Waals surface area contributed by atoms with Crippen molar-refractivity contribution in [2.24, 2.45) is 5.73 Å². The van der Waals surface area contributed by atoms with Crippen molar-refractivity contribution in [3.63, 3.8) is 0 Å². The lowest BCUT2D eigenvalue weighted by molar-refractivity contribution is -0.385. The monoisotopic (exact) mass is 246 g/mol. The van der Waals surface area contributed by atoms with E-state index in [-0.39, 0.29) is 16.7 Å². The molecule has 1 unspecified atom stereocenters. The second-order valence-electron chi connectivity index (χ2n) is 4.13. The van der Waals surface area contributed by atoms with E-state index in [1.807, 2.05) is 6.92 Å². The van der Waals surface area contributed by atoms with Crippen LogP contribution in [0.25, 0.3) is 0 Å². The molecule has 0 radical (unpaired) electrons. The fraction of sp³-hybridized carbons (Fsp3) is 0.231. The van der Waals surface area contributed by atoms with Crippen LogP contribution < -0.4 is 5.73 Å². The largest absolute Gasteiger partial charge is 0.469 e. The van der Waals surface area contributed by atoms with Crippen LogP contribution >= 0.6 is 0 Å². The van der Waals surface area contributed by atoms with Crippen LogP contribution in [0.3, 0.4) is 0 Å². The number of furan rings is 1. The summed E-state index contributed by atoms with van der Waals surface area (Å²) in [4.78, 5) is 10.5. The number of benzene rings is 1. The summed E-state index contributed by atoms with van der Waals surface area (Å²) in [7, 11) is 0. The molecule has 1 aromatic heterocycles. The van der Waals surface area contributed by atoms with Crippen LogP contribution in [0.4, 0.5) is 5.69 Å². The van der Waals surface area contributed by atoms with Gasteiger partial charge in [-0.2, -0.15) is 0 Å². The van der Waals surface area contributed by atoms with Crippen LogP contribution in [-0.2, 0) is 6.42 Å². The lowest BCUT2D eigenvalue weighted by Gasteiger charge is -2.10. The molecule has 0 fully saturated rings. The molecule has 0 aliphatic carbocycles. The first-order valence-electron chi connectivity index (χ1n) is 5.61. The van der Waals surface area contributed by atoms with E-state index in [1.165, 1.54) is 6.07 Å². The van der Waals surface area contributed by atoms with Gasteiger partial charge in [0.05, 0.1) is 11.2 Å². The molecular weight excluding hydrogens is 232 g/mol. The number of nitro benzene ring substituents is 1. The van der Waals surface area contributed by atoms with Gasteiger partial charge in [0.2, 0.25) is 0 Å². The lowest BCUT2D eigenvalue weighted by Crippen LogP contribution is -2.14. The maximum atomic E-state index is 10.9. The average Bonchev–Trinajstić information content (AvgIpc) is 2.76. The standard InChI is InChI=1S/C13H14N2O3/c1-9-11(6-7-18-9)12(14)8-10-4-2-3-5-13(10)15(16)17/h2-7,12H,8,14H2,1H3. The minimum absolute atomic E-state index is 0.106. The van der Waals surface area contributed by atoms with Crippen LogP contribution in [0.15, 0.2) is 41.0 Å².